The molecule has 7 heteroatoms. The molecule has 0 saturated carbocycles. The molecule has 0 unspecified atom stereocenters. The van der Waals surface area contributed by atoms with Gasteiger partial charge in [-0.1, -0.05) is 42.1 Å². The topological polar surface area (TPSA) is 68.0 Å². The molecule has 0 saturated heterocycles. The molecule has 2 atom stereocenters. The van der Waals surface area contributed by atoms with E-state index in [2.05, 4.69) is 27.6 Å². The van der Waals surface area contributed by atoms with Crippen molar-refractivity contribution in [2.75, 3.05) is 0 Å². The Morgan fingerprint density at radius 3 is 2.54 bits per heavy atom. The van der Waals surface area contributed by atoms with Crippen LogP contribution >= 0.6 is 11.8 Å². The van der Waals surface area contributed by atoms with Crippen molar-refractivity contribution in [3.63, 3.8) is 0 Å². The number of hydrogen-bond donors (Lipinski definition) is 1. The van der Waals surface area contributed by atoms with Crippen molar-refractivity contribution >= 4 is 17.7 Å². The van der Waals surface area contributed by atoms with Crippen molar-refractivity contribution < 1.29 is 13.6 Å². The van der Waals surface area contributed by atoms with Gasteiger partial charge in [-0.15, -0.1) is 10.2 Å². The first kappa shape index (κ1) is 20.1. The molecule has 1 N–H and O–H groups in total. The number of carbonyl (C=O) groups excluding carboxylic acids is 1. The van der Waals surface area contributed by atoms with E-state index in [0.717, 1.165) is 12.8 Å². The second-order valence-electron chi connectivity index (χ2n) is 6.57. The lowest BCUT2D eigenvalue weighted by Gasteiger charge is -2.16. The number of rotatable bonds is 8. The van der Waals surface area contributed by atoms with Gasteiger partial charge in [0.25, 0.3) is 5.22 Å². The number of thioether (sulfide) groups is 1. The minimum absolute atomic E-state index is 0.0632. The first-order chi connectivity index (χ1) is 13.5. The number of nitrogens with one attached hydrogen (secondary N) is 1. The Bertz CT molecular complexity index is 900. The maximum absolute atomic E-state index is 13.0. The van der Waals surface area contributed by atoms with Gasteiger partial charge in [-0.25, -0.2) is 4.39 Å². The highest BCUT2D eigenvalue weighted by Crippen LogP contribution is 2.26. The highest BCUT2D eigenvalue weighted by molar-refractivity contribution is 8.00. The van der Waals surface area contributed by atoms with E-state index in [0.29, 0.717) is 16.7 Å². The van der Waals surface area contributed by atoms with Crippen molar-refractivity contribution in [2.45, 2.75) is 43.2 Å². The third kappa shape index (κ3) is 5.66. The van der Waals surface area contributed by atoms with Gasteiger partial charge in [0.2, 0.25) is 11.8 Å². The summed E-state index contributed by atoms with van der Waals surface area (Å²) in [5, 5.41) is 10.9. The molecule has 0 spiro atoms. The van der Waals surface area contributed by atoms with Gasteiger partial charge in [-0.05, 0) is 56.5 Å². The van der Waals surface area contributed by atoms with E-state index >= 15 is 0 Å². The molecule has 0 aliphatic heterocycles. The molecule has 1 aromatic heterocycles. The molecular formula is C21H22FN3O2S. The van der Waals surface area contributed by atoms with Crippen LogP contribution in [-0.2, 0) is 11.2 Å². The number of nitrogens with zero attached hydrogens (tertiary/aromatic N) is 2. The first-order valence-electron chi connectivity index (χ1n) is 9.11. The fourth-order valence-electron chi connectivity index (χ4n) is 2.63. The molecule has 0 aliphatic rings. The molecule has 3 rings (SSSR count). The third-order valence-electron chi connectivity index (χ3n) is 4.24. The summed E-state index contributed by atoms with van der Waals surface area (Å²) >= 11 is 1.20. The average Bonchev–Trinajstić information content (AvgIpc) is 3.16. The number of aryl methyl sites for hydroxylation is 1. The monoisotopic (exact) mass is 399 g/mol. The molecule has 2 aromatic carbocycles. The number of halogens is 1. The van der Waals surface area contributed by atoms with Crippen LogP contribution in [0.1, 0.15) is 25.8 Å². The minimum atomic E-state index is -0.374. The first-order valence-corrected chi connectivity index (χ1v) is 9.99. The normalized spacial score (nSPS) is 13.1. The molecule has 28 heavy (non-hydrogen) atoms. The molecule has 0 aliphatic carbocycles. The largest absolute Gasteiger partial charge is 0.411 e. The van der Waals surface area contributed by atoms with Crippen LogP contribution in [0.4, 0.5) is 4.39 Å². The van der Waals surface area contributed by atoms with Gasteiger partial charge in [-0.2, -0.15) is 0 Å². The predicted octanol–water partition coefficient (Wildman–Crippen LogP) is 4.49. The Hall–Kier alpha value is -2.67. The molecule has 1 amide bonds. The van der Waals surface area contributed by atoms with E-state index in [-0.39, 0.29) is 23.0 Å². The lowest BCUT2D eigenvalue weighted by Crippen LogP contribution is -2.37. The smallest absolute Gasteiger partial charge is 0.277 e. The summed E-state index contributed by atoms with van der Waals surface area (Å²) in [7, 11) is 0. The second-order valence-corrected chi connectivity index (χ2v) is 7.87. The molecular weight excluding hydrogens is 377 g/mol. The van der Waals surface area contributed by atoms with Crippen molar-refractivity contribution in [2.24, 2.45) is 0 Å². The maximum atomic E-state index is 13.0. The number of amides is 1. The molecule has 146 valence electrons. The quantitative estimate of drug-likeness (QED) is 0.565. The molecule has 1 heterocycles. The Kier molecular flexibility index (Phi) is 6.81. The summed E-state index contributed by atoms with van der Waals surface area (Å²) < 4.78 is 18.6. The van der Waals surface area contributed by atoms with Crippen LogP contribution in [0.15, 0.2) is 64.2 Å². The summed E-state index contributed by atoms with van der Waals surface area (Å²) in [5.41, 5.74) is 1.89. The van der Waals surface area contributed by atoms with Crippen molar-refractivity contribution in [3.8, 4) is 11.5 Å². The van der Waals surface area contributed by atoms with Crippen LogP contribution in [0.5, 0.6) is 0 Å². The van der Waals surface area contributed by atoms with Crippen LogP contribution in [0.25, 0.3) is 11.5 Å². The van der Waals surface area contributed by atoms with Gasteiger partial charge in [0.05, 0.1) is 5.25 Å². The van der Waals surface area contributed by atoms with Gasteiger partial charge in [-0.3, -0.25) is 4.79 Å². The summed E-state index contributed by atoms with van der Waals surface area (Å²) in [4.78, 5) is 12.4. The summed E-state index contributed by atoms with van der Waals surface area (Å²) in [6.07, 6.45) is 1.77. The van der Waals surface area contributed by atoms with E-state index in [1.807, 2.05) is 25.1 Å². The highest BCUT2D eigenvalue weighted by atomic mass is 32.2. The zero-order valence-electron chi connectivity index (χ0n) is 15.8. The van der Waals surface area contributed by atoms with Crippen LogP contribution in [0.3, 0.4) is 0 Å². The number of benzene rings is 2. The van der Waals surface area contributed by atoms with Gasteiger partial charge in [0.1, 0.15) is 5.82 Å². The van der Waals surface area contributed by atoms with E-state index in [1.165, 1.54) is 29.5 Å². The van der Waals surface area contributed by atoms with Crippen LogP contribution in [0.2, 0.25) is 0 Å². The fourth-order valence-corrected chi connectivity index (χ4v) is 3.32. The number of aromatic nitrogens is 2. The van der Waals surface area contributed by atoms with Crippen LogP contribution < -0.4 is 5.32 Å². The third-order valence-corrected chi connectivity index (χ3v) is 5.18. The highest BCUT2D eigenvalue weighted by Gasteiger charge is 2.20. The van der Waals surface area contributed by atoms with Gasteiger partial charge < -0.3 is 9.73 Å². The Morgan fingerprint density at radius 2 is 1.82 bits per heavy atom. The molecule has 0 bridgehead atoms. The fraction of sp³-hybridized carbons (Fsp3) is 0.286. The van der Waals surface area contributed by atoms with Crippen molar-refractivity contribution in [1.29, 1.82) is 0 Å². The summed E-state index contributed by atoms with van der Waals surface area (Å²) in [5.74, 6) is -0.108. The summed E-state index contributed by atoms with van der Waals surface area (Å²) in [6, 6.07) is 16.1. The van der Waals surface area contributed by atoms with Gasteiger partial charge in [0, 0.05) is 11.6 Å². The Balaban J connectivity index is 1.49. The van der Waals surface area contributed by atoms with Gasteiger partial charge >= 0.3 is 0 Å². The van der Waals surface area contributed by atoms with E-state index in [9.17, 15) is 9.18 Å². The van der Waals surface area contributed by atoms with E-state index < -0.39 is 0 Å². The lowest BCUT2D eigenvalue weighted by molar-refractivity contribution is -0.120. The molecule has 0 fully saturated rings. The Morgan fingerprint density at radius 1 is 1.11 bits per heavy atom. The molecule has 5 nitrogen and oxygen atoms in total. The average molecular weight is 399 g/mol. The minimum Gasteiger partial charge on any atom is -0.411 e. The summed E-state index contributed by atoms with van der Waals surface area (Å²) in [6.45, 7) is 3.79. The molecule has 3 aromatic rings. The predicted molar refractivity (Wildman–Crippen MR) is 107 cm³/mol. The van der Waals surface area contributed by atoms with Crippen molar-refractivity contribution in [3.05, 3.63) is 66.0 Å². The number of hydrogen-bond acceptors (Lipinski definition) is 5. The van der Waals surface area contributed by atoms with E-state index in [4.69, 9.17) is 4.42 Å². The van der Waals surface area contributed by atoms with E-state index in [1.54, 1.807) is 19.1 Å². The number of carbonyl (C=O) groups is 1. The van der Waals surface area contributed by atoms with Crippen LogP contribution in [0, 0.1) is 5.82 Å². The SMILES string of the molecule is C[C@H](CCc1ccccc1)NC(=O)[C@@H](C)Sc1nnc(-c2ccc(F)cc2)o1. The van der Waals surface area contributed by atoms with Crippen LogP contribution in [-0.4, -0.2) is 27.4 Å². The standard InChI is InChI=1S/C21H22FN3O2S/c1-14(8-9-16-6-4-3-5-7-16)23-19(26)15(2)28-21-25-24-20(27-21)17-10-12-18(22)13-11-17/h3-7,10-15H,8-9H2,1-2H3,(H,23,26)/t14-,15-/m1/s1. The maximum Gasteiger partial charge on any atom is 0.277 e. The zero-order valence-corrected chi connectivity index (χ0v) is 16.6. The van der Waals surface area contributed by atoms with Crippen molar-refractivity contribution in [1.82, 2.24) is 15.5 Å². The lowest BCUT2D eigenvalue weighted by atomic mass is 10.1. The second kappa shape index (κ2) is 9.50. The van der Waals surface area contributed by atoms with Gasteiger partial charge in [0.15, 0.2) is 0 Å². The molecule has 0 radical (unpaired) electrons. The zero-order chi connectivity index (χ0) is 19.9. The Labute approximate surface area is 167 Å².